The van der Waals surface area contributed by atoms with Crippen LogP contribution in [0.15, 0.2) is 28.7 Å². The first-order valence-electron chi connectivity index (χ1n) is 4.43. The molecule has 1 aliphatic heterocycles. The Morgan fingerprint density at radius 1 is 1.43 bits per heavy atom. The van der Waals surface area contributed by atoms with Crippen LogP contribution in [0, 0.1) is 0 Å². The van der Waals surface area contributed by atoms with Crippen molar-refractivity contribution in [2.45, 2.75) is 12.5 Å². The molecule has 0 aliphatic carbocycles. The van der Waals surface area contributed by atoms with Crippen molar-refractivity contribution < 1.29 is 9.90 Å². The first kappa shape index (κ1) is 9.52. The molecule has 0 bridgehead atoms. The van der Waals surface area contributed by atoms with Gasteiger partial charge in [-0.3, -0.25) is 0 Å². The molecule has 0 amide bonds. The van der Waals surface area contributed by atoms with Crippen LogP contribution in [0.3, 0.4) is 0 Å². The van der Waals surface area contributed by atoms with Gasteiger partial charge in [-0.15, -0.1) is 0 Å². The highest BCUT2D eigenvalue weighted by atomic mass is 79.9. The Hall–Kier alpha value is -1.03. The summed E-state index contributed by atoms with van der Waals surface area (Å²) in [7, 11) is 0. The molecule has 1 unspecified atom stereocenters. The SMILES string of the molecule is O=C(O)C1CCN1c1ccc(Br)cc1. The van der Waals surface area contributed by atoms with E-state index in [-0.39, 0.29) is 6.04 Å². The maximum Gasteiger partial charge on any atom is 0.326 e. The van der Waals surface area contributed by atoms with Gasteiger partial charge in [0.15, 0.2) is 0 Å². The molecule has 0 radical (unpaired) electrons. The molecule has 1 aliphatic rings. The third kappa shape index (κ3) is 1.62. The van der Waals surface area contributed by atoms with E-state index in [2.05, 4.69) is 15.9 Å². The van der Waals surface area contributed by atoms with Crippen LogP contribution in [-0.2, 0) is 4.79 Å². The zero-order valence-electron chi connectivity index (χ0n) is 7.48. The molecule has 74 valence electrons. The maximum atomic E-state index is 10.8. The lowest BCUT2D eigenvalue weighted by Gasteiger charge is -2.39. The van der Waals surface area contributed by atoms with Gasteiger partial charge in [-0.2, -0.15) is 0 Å². The van der Waals surface area contributed by atoms with Crippen LogP contribution >= 0.6 is 15.9 Å². The Kier molecular flexibility index (Phi) is 2.46. The second-order valence-electron chi connectivity index (χ2n) is 3.31. The predicted molar refractivity (Wildman–Crippen MR) is 57.5 cm³/mol. The van der Waals surface area contributed by atoms with Gasteiger partial charge in [0.1, 0.15) is 6.04 Å². The first-order chi connectivity index (χ1) is 6.68. The normalized spacial score (nSPS) is 20.4. The van der Waals surface area contributed by atoms with Crippen molar-refractivity contribution in [1.82, 2.24) is 0 Å². The minimum absolute atomic E-state index is 0.337. The van der Waals surface area contributed by atoms with E-state index in [1.807, 2.05) is 29.2 Å². The van der Waals surface area contributed by atoms with Crippen molar-refractivity contribution in [3.05, 3.63) is 28.7 Å². The summed E-state index contributed by atoms with van der Waals surface area (Å²) >= 11 is 3.34. The van der Waals surface area contributed by atoms with E-state index in [1.54, 1.807) is 0 Å². The third-order valence-corrected chi connectivity index (χ3v) is 2.99. The van der Waals surface area contributed by atoms with Gasteiger partial charge in [0.25, 0.3) is 0 Å². The summed E-state index contributed by atoms with van der Waals surface area (Å²) in [5.74, 6) is -0.737. The van der Waals surface area contributed by atoms with Crippen LogP contribution < -0.4 is 4.90 Å². The van der Waals surface area contributed by atoms with Gasteiger partial charge >= 0.3 is 5.97 Å². The number of carbonyl (C=O) groups is 1. The van der Waals surface area contributed by atoms with Gasteiger partial charge in [-0.25, -0.2) is 4.79 Å². The van der Waals surface area contributed by atoms with Gasteiger partial charge in [-0.1, -0.05) is 15.9 Å². The highest BCUT2D eigenvalue weighted by Crippen LogP contribution is 2.27. The number of hydrogen-bond acceptors (Lipinski definition) is 2. The molecule has 0 saturated carbocycles. The Morgan fingerprint density at radius 2 is 2.07 bits per heavy atom. The first-order valence-corrected chi connectivity index (χ1v) is 5.23. The molecule has 0 spiro atoms. The lowest BCUT2D eigenvalue weighted by molar-refractivity contribution is -0.139. The highest BCUT2D eigenvalue weighted by Gasteiger charge is 2.33. The fraction of sp³-hybridized carbons (Fsp3) is 0.300. The van der Waals surface area contributed by atoms with Crippen molar-refractivity contribution in [1.29, 1.82) is 0 Å². The van der Waals surface area contributed by atoms with Crippen molar-refractivity contribution in [3.63, 3.8) is 0 Å². The number of rotatable bonds is 2. The van der Waals surface area contributed by atoms with Crippen molar-refractivity contribution in [2.75, 3.05) is 11.4 Å². The molecule has 4 heteroatoms. The summed E-state index contributed by atoms with van der Waals surface area (Å²) in [5.41, 5.74) is 0.979. The molecule has 2 rings (SSSR count). The minimum Gasteiger partial charge on any atom is -0.480 e. The number of halogens is 1. The molecule has 1 fully saturated rings. The summed E-state index contributed by atoms with van der Waals surface area (Å²) in [6, 6.07) is 7.37. The molecule has 1 aromatic carbocycles. The Labute approximate surface area is 90.5 Å². The van der Waals surface area contributed by atoms with Gasteiger partial charge in [0, 0.05) is 16.7 Å². The van der Waals surface area contributed by atoms with Gasteiger partial charge in [-0.05, 0) is 30.7 Å². The number of benzene rings is 1. The quantitative estimate of drug-likeness (QED) is 0.880. The van der Waals surface area contributed by atoms with Crippen molar-refractivity contribution in [3.8, 4) is 0 Å². The summed E-state index contributed by atoms with van der Waals surface area (Å²) in [4.78, 5) is 12.7. The van der Waals surface area contributed by atoms with E-state index in [0.29, 0.717) is 0 Å². The van der Waals surface area contributed by atoms with Crippen LogP contribution in [0.25, 0.3) is 0 Å². The Morgan fingerprint density at radius 3 is 2.50 bits per heavy atom. The van der Waals surface area contributed by atoms with Crippen molar-refractivity contribution >= 4 is 27.6 Å². The smallest absolute Gasteiger partial charge is 0.326 e. The molecular weight excluding hydrogens is 246 g/mol. The second-order valence-corrected chi connectivity index (χ2v) is 4.23. The largest absolute Gasteiger partial charge is 0.480 e. The van der Waals surface area contributed by atoms with Gasteiger partial charge < -0.3 is 10.0 Å². The zero-order valence-corrected chi connectivity index (χ0v) is 9.07. The van der Waals surface area contributed by atoms with Crippen LogP contribution in [0.4, 0.5) is 5.69 Å². The van der Waals surface area contributed by atoms with Crippen LogP contribution in [0.2, 0.25) is 0 Å². The Bertz CT molecular complexity index is 350. The standard InChI is InChI=1S/C10H10BrNO2/c11-7-1-3-8(4-2-7)12-6-5-9(12)10(13)14/h1-4,9H,5-6H2,(H,13,14). The molecule has 1 saturated heterocycles. The number of anilines is 1. The summed E-state index contributed by atoms with van der Waals surface area (Å²) in [6.07, 6.45) is 0.741. The fourth-order valence-corrected chi connectivity index (χ4v) is 1.85. The van der Waals surface area contributed by atoms with E-state index in [1.165, 1.54) is 0 Å². The lowest BCUT2D eigenvalue weighted by Crippen LogP contribution is -2.52. The number of carboxylic acids is 1. The fourth-order valence-electron chi connectivity index (χ4n) is 1.59. The minimum atomic E-state index is -0.737. The summed E-state index contributed by atoms with van der Waals surface area (Å²) < 4.78 is 1.01. The van der Waals surface area contributed by atoms with Crippen molar-refractivity contribution in [2.24, 2.45) is 0 Å². The second kappa shape index (κ2) is 3.61. The monoisotopic (exact) mass is 255 g/mol. The number of hydrogen-bond donors (Lipinski definition) is 1. The number of nitrogens with zero attached hydrogens (tertiary/aromatic N) is 1. The van der Waals surface area contributed by atoms with Crippen LogP contribution in [-0.4, -0.2) is 23.7 Å². The van der Waals surface area contributed by atoms with E-state index >= 15 is 0 Å². The van der Waals surface area contributed by atoms with E-state index in [4.69, 9.17) is 5.11 Å². The van der Waals surface area contributed by atoms with Crippen LogP contribution in [0.1, 0.15) is 6.42 Å². The number of carboxylic acid groups (broad SMARTS) is 1. The number of aliphatic carboxylic acids is 1. The molecule has 1 atom stereocenters. The lowest BCUT2D eigenvalue weighted by atomic mass is 10.0. The molecule has 3 nitrogen and oxygen atoms in total. The maximum absolute atomic E-state index is 10.8. The highest BCUT2D eigenvalue weighted by molar-refractivity contribution is 9.10. The van der Waals surface area contributed by atoms with E-state index < -0.39 is 5.97 Å². The van der Waals surface area contributed by atoms with E-state index in [9.17, 15) is 4.79 Å². The van der Waals surface area contributed by atoms with Gasteiger partial charge in [0.2, 0.25) is 0 Å². The summed E-state index contributed by atoms with van der Waals surface area (Å²) in [5, 5.41) is 8.87. The molecular formula is C10H10BrNO2. The topological polar surface area (TPSA) is 40.5 Å². The summed E-state index contributed by atoms with van der Waals surface area (Å²) in [6.45, 7) is 0.832. The molecule has 1 aromatic rings. The zero-order chi connectivity index (χ0) is 10.1. The molecule has 1 heterocycles. The average Bonchev–Trinajstić information content (AvgIpc) is 2.05. The molecule has 0 aromatic heterocycles. The average molecular weight is 256 g/mol. The molecule has 1 N–H and O–H groups in total. The van der Waals surface area contributed by atoms with Crippen LogP contribution in [0.5, 0.6) is 0 Å². The van der Waals surface area contributed by atoms with Gasteiger partial charge in [0.05, 0.1) is 0 Å². The third-order valence-electron chi connectivity index (χ3n) is 2.46. The Balaban J connectivity index is 2.16. The predicted octanol–water partition coefficient (Wildman–Crippen LogP) is 2.11. The van der Waals surface area contributed by atoms with E-state index in [0.717, 1.165) is 23.1 Å². The molecule has 14 heavy (non-hydrogen) atoms.